The van der Waals surface area contributed by atoms with Crippen molar-refractivity contribution in [3.05, 3.63) is 40.8 Å². The normalized spacial score (nSPS) is 16.0. The van der Waals surface area contributed by atoms with Gasteiger partial charge in [0.1, 0.15) is 11.0 Å². The van der Waals surface area contributed by atoms with Crippen molar-refractivity contribution in [2.24, 2.45) is 0 Å². The zero-order valence-electron chi connectivity index (χ0n) is 11.6. The first kappa shape index (κ1) is 14.3. The van der Waals surface area contributed by atoms with Crippen LogP contribution >= 0.6 is 11.6 Å². The van der Waals surface area contributed by atoms with Gasteiger partial charge in [0.05, 0.1) is 11.1 Å². The Balaban J connectivity index is 1.97. The van der Waals surface area contributed by atoms with Gasteiger partial charge in [0.15, 0.2) is 0 Å². The van der Waals surface area contributed by atoms with E-state index in [0.717, 1.165) is 44.2 Å². The van der Waals surface area contributed by atoms with E-state index in [1.54, 1.807) is 12.1 Å². The maximum atomic E-state index is 13.2. The van der Waals surface area contributed by atoms with E-state index in [1.165, 1.54) is 12.1 Å². The van der Waals surface area contributed by atoms with Gasteiger partial charge in [-0.1, -0.05) is 24.4 Å². The topological polar surface area (TPSA) is 33.2 Å². The molecule has 0 spiro atoms. The number of benzene rings is 1. The van der Waals surface area contributed by atoms with E-state index in [1.807, 2.05) is 4.90 Å². The fourth-order valence-corrected chi connectivity index (χ4v) is 2.94. The molecular weight excluding hydrogens is 291 g/mol. The maximum absolute atomic E-state index is 13.2. The third kappa shape index (κ3) is 3.00. The van der Waals surface area contributed by atoms with Crippen LogP contribution in [0, 0.1) is 5.82 Å². The van der Waals surface area contributed by atoms with Crippen molar-refractivity contribution >= 4 is 28.4 Å². The average molecular weight is 307 g/mol. The van der Waals surface area contributed by atoms with E-state index < -0.39 is 0 Å². The minimum Gasteiger partial charge on any atom is -0.339 e. The van der Waals surface area contributed by atoms with Crippen LogP contribution in [0.5, 0.6) is 0 Å². The number of fused-ring (bicyclic) bond motifs is 1. The zero-order valence-corrected chi connectivity index (χ0v) is 12.4. The quantitative estimate of drug-likeness (QED) is 0.745. The second-order valence-corrected chi connectivity index (χ2v) is 5.73. The molecule has 1 fully saturated rings. The van der Waals surface area contributed by atoms with Gasteiger partial charge in [-0.15, -0.1) is 0 Å². The number of rotatable bonds is 1. The lowest BCUT2D eigenvalue weighted by Gasteiger charge is -2.20. The molecule has 2 heterocycles. The first-order chi connectivity index (χ1) is 10.1. The number of nitrogens with zero attached hydrogens (tertiary/aromatic N) is 2. The predicted molar refractivity (Wildman–Crippen MR) is 81.1 cm³/mol. The van der Waals surface area contributed by atoms with Crippen molar-refractivity contribution in [2.75, 3.05) is 13.1 Å². The molecule has 1 saturated heterocycles. The predicted octanol–water partition coefficient (Wildman–Crippen LogP) is 4.04. The highest BCUT2D eigenvalue weighted by molar-refractivity contribution is 6.33. The van der Waals surface area contributed by atoms with Gasteiger partial charge in [-0.2, -0.15) is 0 Å². The number of aromatic nitrogens is 1. The minimum atomic E-state index is -0.363. The first-order valence-electron chi connectivity index (χ1n) is 7.20. The van der Waals surface area contributed by atoms with E-state index in [0.29, 0.717) is 11.1 Å². The molecule has 1 aromatic heterocycles. The molecule has 5 heteroatoms. The zero-order chi connectivity index (χ0) is 14.8. The van der Waals surface area contributed by atoms with Gasteiger partial charge in [0.2, 0.25) is 0 Å². The number of amides is 1. The van der Waals surface area contributed by atoms with Crippen molar-refractivity contribution in [3.8, 4) is 0 Å². The second-order valence-electron chi connectivity index (χ2n) is 5.37. The van der Waals surface area contributed by atoms with Crippen LogP contribution in [-0.2, 0) is 0 Å². The number of halogens is 2. The Morgan fingerprint density at radius 2 is 1.86 bits per heavy atom. The van der Waals surface area contributed by atoms with Crippen LogP contribution in [0.4, 0.5) is 4.39 Å². The van der Waals surface area contributed by atoms with Crippen molar-refractivity contribution in [2.45, 2.75) is 25.7 Å². The second kappa shape index (κ2) is 5.98. The summed E-state index contributed by atoms with van der Waals surface area (Å²) in [6.45, 7) is 1.52. The molecule has 3 rings (SSSR count). The summed E-state index contributed by atoms with van der Waals surface area (Å²) in [5.41, 5.74) is 0.866. The van der Waals surface area contributed by atoms with Crippen LogP contribution in [0.25, 0.3) is 10.9 Å². The maximum Gasteiger partial charge on any atom is 0.257 e. The molecule has 1 amide bonds. The molecule has 2 aromatic rings. The highest BCUT2D eigenvalue weighted by atomic mass is 35.5. The number of hydrogen-bond donors (Lipinski definition) is 0. The van der Waals surface area contributed by atoms with E-state index in [-0.39, 0.29) is 16.9 Å². The molecule has 0 atom stereocenters. The molecule has 0 aliphatic carbocycles. The first-order valence-corrected chi connectivity index (χ1v) is 7.58. The van der Waals surface area contributed by atoms with Gasteiger partial charge in [0.25, 0.3) is 5.91 Å². The molecule has 3 nitrogen and oxygen atoms in total. The molecule has 0 unspecified atom stereocenters. The summed E-state index contributed by atoms with van der Waals surface area (Å²) >= 11 is 6.13. The van der Waals surface area contributed by atoms with Crippen molar-refractivity contribution < 1.29 is 9.18 Å². The molecule has 21 heavy (non-hydrogen) atoms. The third-order valence-corrected chi connectivity index (χ3v) is 4.14. The van der Waals surface area contributed by atoms with Gasteiger partial charge in [-0.25, -0.2) is 9.37 Å². The SMILES string of the molecule is O=C(c1cc2ccc(F)cc2nc1Cl)N1CCCCCC1. The summed E-state index contributed by atoms with van der Waals surface area (Å²) in [5.74, 6) is -0.446. The minimum absolute atomic E-state index is 0.0828. The van der Waals surface area contributed by atoms with Crippen molar-refractivity contribution in [3.63, 3.8) is 0 Å². The molecule has 0 bridgehead atoms. The van der Waals surface area contributed by atoms with Gasteiger partial charge >= 0.3 is 0 Å². The Morgan fingerprint density at radius 1 is 1.14 bits per heavy atom. The van der Waals surface area contributed by atoms with Crippen molar-refractivity contribution in [1.82, 2.24) is 9.88 Å². The van der Waals surface area contributed by atoms with Crippen LogP contribution in [0.3, 0.4) is 0 Å². The van der Waals surface area contributed by atoms with E-state index in [9.17, 15) is 9.18 Å². The Labute approximate surface area is 127 Å². The fraction of sp³-hybridized carbons (Fsp3) is 0.375. The van der Waals surface area contributed by atoms with Crippen LogP contribution in [0.1, 0.15) is 36.0 Å². The summed E-state index contributed by atoms with van der Waals surface area (Å²) in [4.78, 5) is 18.6. The number of pyridine rings is 1. The Bertz CT molecular complexity index is 681. The fourth-order valence-electron chi connectivity index (χ4n) is 2.71. The number of likely N-dealkylation sites (tertiary alicyclic amines) is 1. The average Bonchev–Trinajstić information content (AvgIpc) is 2.74. The largest absolute Gasteiger partial charge is 0.339 e. The summed E-state index contributed by atoms with van der Waals surface area (Å²) < 4.78 is 13.2. The summed E-state index contributed by atoms with van der Waals surface area (Å²) in [5, 5.41) is 0.862. The lowest BCUT2D eigenvalue weighted by Crippen LogP contribution is -2.32. The monoisotopic (exact) mass is 306 g/mol. The molecule has 0 radical (unpaired) electrons. The molecular formula is C16H16ClFN2O. The Kier molecular flexibility index (Phi) is 4.06. The van der Waals surface area contributed by atoms with Crippen LogP contribution in [0.2, 0.25) is 5.15 Å². The number of hydrogen-bond acceptors (Lipinski definition) is 2. The van der Waals surface area contributed by atoms with Crippen LogP contribution in [-0.4, -0.2) is 28.9 Å². The van der Waals surface area contributed by atoms with E-state index in [4.69, 9.17) is 11.6 Å². The van der Waals surface area contributed by atoms with Crippen molar-refractivity contribution in [1.29, 1.82) is 0 Å². The standard InChI is InChI=1S/C16H16ClFN2O/c17-15-13(16(21)20-7-3-1-2-4-8-20)9-11-5-6-12(18)10-14(11)19-15/h5-6,9-10H,1-4,7-8H2. The summed E-state index contributed by atoms with van der Waals surface area (Å²) in [7, 11) is 0. The number of carbonyl (C=O) groups excluding carboxylic acids is 1. The third-order valence-electron chi connectivity index (χ3n) is 3.86. The van der Waals surface area contributed by atoms with Crippen LogP contribution in [0.15, 0.2) is 24.3 Å². The van der Waals surface area contributed by atoms with Crippen LogP contribution < -0.4 is 0 Å². The Hall–Kier alpha value is -1.68. The highest BCUT2D eigenvalue weighted by Gasteiger charge is 2.21. The number of carbonyl (C=O) groups is 1. The van der Waals surface area contributed by atoms with E-state index in [2.05, 4.69) is 4.98 Å². The lowest BCUT2D eigenvalue weighted by atomic mass is 10.1. The molecule has 1 aliphatic rings. The molecule has 1 aromatic carbocycles. The molecule has 1 aliphatic heterocycles. The van der Waals surface area contributed by atoms with Gasteiger partial charge in [-0.05, 0) is 31.0 Å². The van der Waals surface area contributed by atoms with Gasteiger partial charge in [-0.3, -0.25) is 4.79 Å². The summed E-state index contributed by atoms with van der Waals surface area (Å²) in [6.07, 6.45) is 4.37. The highest BCUT2D eigenvalue weighted by Crippen LogP contribution is 2.23. The van der Waals surface area contributed by atoms with Gasteiger partial charge < -0.3 is 4.90 Å². The lowest BCUT2D eigenvalue weighted by molar-refractivity contribution is 0.0761. The summed E-state index contributed by atoms with van der Waals surface area (Å²) in [6, 6.07) is 6.00. The smallest absolute Gasteiger partial charge is 0.257 e. The van der Waals surface area contributed by atoms with Gasteiger partial charge in [0, 0.05) is 24.5 Å². The van der Waals surface area contributed by atoms with E-state index >= 15 is 0 Å². The molecule has 0 saturated carbocycles. The molecule has 110 valence electrons. The Morgan fingerprint density at radius 3 is 2.57 bits per heavy atom. The molecule has 0 N–H and O–H groups in total.